The van der Waals surface area contributed by atoms with Gasteiger partial charge in [0.05, 0.1) is 9.40 Å². The molecule has 3 rings (SSSR count). The summed E-state index contributed by atoms with van der Waals surface area (Å²) in [6, 6.07) is 11.3. The van der Waals surface area contributed by atoms with Crippen LogP contribution < -0.4 is 0 Å². The van der Waals surface area contributed by atoms with Gasteiger partial charge in [-0.05, 0) is 39.2 Å². The molecule has 1 heterocycles. The van der Waals surface area contributed by atoms with Crippen LogP contribution >= 0.6 is 15.9 Å². The first-order chi connectivity index (χ1) is 11.5. The van der Waals surface area contributed by atoms with E-state index in [0.29, 0.717) is 17.4 Å². The van der Waals surface area contributed by atoms with E-state index in [1.54, 1.807) is 30.5 Å². The van der Waals surface area contributed by atoms with Gasteiger partial charge in [0.1, 0.15) is 11.6 Å². The molecule has 24 heavy (non-hydrogen) atoms. The van der Waals surface area contributed by atoms with E-state index in [2.05, 4.69) is 20.9 Å². The van der Waals surface area contributed by atoms with Gasteiger partial charge in [0.25, 0.3) is 5.69 Å². The van der Waals surface area contributed by atoms with Gasteiger partial charge in [-0.15, -0.1) is 0 Å². The Labute approximate surface area is 146 Å². The van der Waals surface area contributed by atoms with Crippen LogP contribution in [-0.2, 0) is 13.0 Å². The molecule has 2 aromatic carbocycles. The second-order valence-corrected chi connectivity index (χ2v) is 6.17. The van der Waals surface area contributed by atoms with Gasteiger partial charge in [-0.1, -0.05) is 18.2 Å². The molecule has 122 valence electrons. The van der Waals surface area contributed by atoms with Crippen molar-refractivity contribution in [2.75, 3.05) is 0 Å². The van der Waals surface area contributed by atoms with Crippen molar-refractivity contribution in [3.05, 3.63) is 92.2 Å². The van der Waals surface area contributed by atoms with E-state index in [4.69, 9.17) is 0 Å². The Bertz CT molecular complexity index is 878. The quantitative estimate of drug-likeness (QED) is 0.481. The van der Waals surface area contributed by atoms with Gasteiger partial charge in [-0.25, -0.2) is 9.37 Å². The summed E-state index contributed by atoms with van der Waals surface area (Å²) in [7, 11) is 0. The van der Waals surface area contributed by atoms with Gasteiger partial charge in [0.15, 0.2) is 0 Å². The lowest BCUT2D eigenvalue weighted by Crippen LogP contribution is -2.05. The summed E-state index contributed by atoms with van der Waals surface area (Å²) >= 11 is 3.19. The Hall–Kier alpha value is -2.54. The number of nitro benzene ring substituents is 1. The van der Waals surface area contributed by atoms with Crippen LogP contribution in [0.3, 0.4) is 0 Å². The van der Waals surface area contributed by atoms with Crippen LogP contribution in [0, 0.1) is 15.9 Å². The summed E-state index contributed by atoms with van der Waals surface area (Å²) in [5.41, 5.74) is 1.96. The molecule has 1 aromatic heterocycles. The van der Waals surface area contributed by atoms with Crippen molar-refractivity contribution in [2.45, 2.75) is 13.0 Å². The minimum Gasteiger partial charge on any atom is -0.330 e. The number of nitrogens with zero attached hydrogens (tertiary/aromatic N) is 3. The summed E-state index contributed by atoms with van der Waals surface area (Å²) in [5, 5.41) is 10.7. The molecule has 0 saturated carbocycles. The fourth-order valence-corrected chi connectivity index (χ4v) is 2.83. The third kappa shape index (κ3) is 3.68. The topological polar surface area (TPSA) is 61.0 Å². The fraction of sp³-hybridized carbons (Fsp3) is 0.118. The molecule has 0 saturated heterocycles. The number of nitro groups is 1. The lowest BCUT2D eigenvalue weighted by atomic mass is 10.1. The van der Waals surface area contributed by atoms with Gasteiger partial charge in [-0.2, -0.15) is 0 Å². The van der Waals surface area contributed by atoms with E-state index in [0.717, 1.165) is 17.0 Å². The number of aromatic nitrogens is 2. The average Bonchev–Trinajstić information content (AvgIpc) is 2.98. The lowest BCUT2D eigenvalue weighted by Gasteiger charge is -2.09. The minimum absolute atomic E-state index is 0.0678. The van der Waals surface area contributed by atoms with E-state index >= 15 is 0 Å². The van der Waals surface area contributed by atoms with Crippen molar-refractivity contribution in [3.8, 4) is 0 Å². The third-order valence-corrected chi connectivity index (χ3v) is 4.26. The van der Waals surface area contributed by atoms with Crippen molar-refractivity contribution >= 4 is 21.6 Å². The molecule has 0 bridgehead atoms. The Morgan fingerprint density at radius 1 is 1.17 bits per heavy atom. The summed E-state index contributed by atoms with van der Waals surface area (Å²) in [4.78, 5) is 14.6. The van der Waals surface area contributed by atoms with Crippen molar-refractivity contribution in [1.82, 2.24) is 9.55 Å². The highest BCUT2D eigenvalue weighted by molar-refractivity contribution is 9.10. The fourth-order valence-electron chi connectivity index (χ4n) is 2.40. The molecule has 5 nitrogen and oxygen atoms in total. The number of non-ortho nitro benzene ring substituents is 1. The first-order valence-electron chi connectivity index (χ1n) is 7.20. The second kappa shape index (κ2) is 6.92. The molecule has 3 aromatic rings. The van der Waals surface area contributed by atoms with Gasteiger partial charge < -0.3 is 4.57 Å². The van der Waals surface area contributed by atoms with Gasteiger partial charge in [0.2, 0.25) is 0 Å². The molecular formula is C17H13BrFN3O2. The van der Waals surface area contributed by atoms with Crippen LogP contribution in [-0.4, -0.2) is 14.5 Å². The molecule has 0 aliphatic carbocycles. The average molecular weight is 390 g/mol. The number of rotatable bonds is 5. The van der Waals surface area contributed by atoms with Gasteiger partial charge >= 0.3 is 0 Å². The van der Waals surface area contributed by atoms with Crippen molar-refractivity contribution in [3.63, 3.8) is 0 Å². The Morgan fingerprint density at radius 2 is 1.88 bits per heavy atom. The molecule has 0 atom stereocenters. The predicted octanol–water partition coefficient (Wildman–Crippen LogP) is 4.33. The van der Waals surface area contributed by atoms with Crippen LogP contribution in [0.4, 0.5) is 10.1 Å². The SMILES string of the molecule is O=[N+]([O-])c1ccc(Cc2nccn2Cc2ccc(F)c(Br)c2)cc1. The van der Waals surface area contributed by atoms with Crippen molar-refractivity contribution < 1.29 is 9.31 Å². The molecule has 0 radical (unpaired) electrons. The van der Waals surface area contributed by atoms with E-state index in [-0.39, 0.29) is 11.5 Å². The summed E-state index contributed by atoms with van der Waals surface area (Å²) in [5.74, 6) is 0.541. The smallest absolute Gasteiger partial charge is 0.269 e. The van der Waals surface area contributed by atoms with E-state index < -0.39 is 4.92 Å². The second-order valence-electron chi connectivity index (χ2n) is 5.32. The van der Waals surface area contributed by atoms with E-state index in [1.165, 1.54) is 18.2 Å². The van der Waals surface area contributed by atoms with Crippen LogP contribution in [0.5, 0.6) is 0 Å². The molecule has 0 fully saturated rings. The summed E-state index contributed by atoms with van der Waals surface area (Å²) < 4.78 is 15.7. The van der Waals surface area contributed by atoms with Gasteiger partial charge in [0, 0.05) is 37.5 Å². The van der Waals surface area contributed by atoms with Crippen LogP contribution in [0.1, 0.15) is 17.0 Å². The van der Waals surface area contributed by atoms with Crippen LogP contribution in [0.2, 0.25) is 0 Å². The first kappa shape index (κ1) is 16.3. The van der Waals surface area contributed by atoms with Crippen molar-refractivity contribution in [1.29, 1.82) is 0 Å². The zero-order chi connectivity index (χ0) is 17.1. The molecule has 0 aliphatic rings. The highest BCUT2D eigenvalue weighted by Crippen LogP contribution is 2.19. The standard InChI is InChI=1S/C17H13BrFN3O2/c18-15-9-13(3-6-16(15)19)11-21-8-7-20-17(21)10-12-1-4-14(5-2-12)22(23)24/h1-9H,10-11H2. The highest BCUT2D eigenvalue weighted by Gasteiger charge is 2.09. The number of imidazole rings is 1. The van der Waals surface area contributed by atoms with E-state index in [1.807, 2.05) is 10.8 Å². The van der Waals surface area contributed by atoms with Crippen molar-refractivity contribution in [2.24, 2.45) is 0 Å². The molecule has 0 amide bonds. The number of hydrogen-bond acceptors (Lipinski definition) is 3. The molecule has 0 spiro atoms. The van der Waals surface area contributed by atoms with Crippen LogP contribution in [0.25, 0.3) is 0 Å². The molecule has 0 N–H and O–H groups in total. The molecule has 0 unspecified atom stereocenters. The lowest BCUT2D eigenvalue weighted by molar-refractivity contribution is -0.384. The van der Waals surface area contributed by atoms with E-state index in [9.17, 15) is 14.5 Å². The van der Waals surface area contributed by atoms with Gasteiger partial charge in [-0.3, -0.25) is 10.1 Å². The zero-order valence-electron chi connectivity index (χ0n) is 12.5. The predicted molar refractivity (Wildman–Crippen MR) is 91.3 cm³/mol. The molecular weight excluding hydrogens is 377 g/mol. The Kier molecular flexibility index (Phi) is 4.71. The first-order valence-corrected chi connectivity index (χ1v) is 7.99. The Balaban J connectivity index is 1.77. The zero-order valence-corrected chi connectivity index (χ0v) is 14.1. The minimum atomic E-state index is -0.420. The monoisotopic (exact) mass is 389 g/mol. The molecule has 7 heteroatoms. The summed E-state index contributed by atoms with van der Waals surface area (Å²) in [6.45, 7) is 0.571. The maximum absolute atomic E-state index is 13.3. The Morgan fingerprint density at radius 3 is 2.54 bits per heavy atom. The normalized spacial score (nSPS) is 10.8. The third-order valence-electron chi connectivity index (χ3n) is 3.65. The molecule has 0 aliphatic heterocycles. The maximum atomic E-state index is 13.3. The number of benzene rings is 2. The number of hydrogen-bond donors (Lipinski definition) is 0. The highest BCUT2D eigenvalue weighted by atomic mass is 79.9. The summed E-state index contributed by atoms with van der Waals surface area (Å²) in [6.07, 6.45) is 4.13. The largest absolute Gasteiger partial charge is 0.330 e. The van der Waals surface area contributed by atoms with Crippen LogP contribution in [0.15, 0.2) is 59.3 Å². The maximum Gasteiger partial charge on any atom is 0.269 e. The number of halogens is 2.